The Kier molecular flexibility index (Phi) is 6.64. The number of para-hydroxylation sites is 1. The number of hydrogen-bond acceptors (Lipinski definition) is 6. The van der Waals surface area contributed by atoms with E-state index in [1.54, 1.807) is 37.3 Å². The molecule has 1 saturated heterocycles. The minimum Gasteiger partial charge on any atom is -0.478 e. The van der Waals surface area contributed by atoms with Crippen molar-refractivity contribution < 1.29 is 28.5 Å². The number of carbonyl (C=O) groups is 1. The molecule has 4 aromatic rings. The molecule has 0 radical (unpaired) electrons. The lowest BCUT2D eigenvalue weighted by Gasteiger charge is -2.29. The third-order valence-electron chi connectivity index (χ3n) is 8.41. The predicted molar refractivity (Wildman–Crippen MR) is 157 cm³/mol. The average Bonchev–Trinajstić information content (AvgIpc) is 3.51. The minimum absolute atomic E-state index is 0.102. The zero-order valence-electron chi connectivity index (χ0n) is 23.5. The first-order valence-electron chi connectivity index (χ1n) is 14.3. The summed E-state index contributed by atoms with van der Waals surface area (Å²) in [5.74, 6) is -0.862. The molecule has 2 atom stereocenters. The van der Waals surface area contributed by atoms with Crippen LogP contribution >= 0.6 is 0 Å². The van der Waals surface area contributed by atoms with E-state index in [4.69, 9.17) is 25.8 Å². The van der Waals surface area contributed by atoms with Crippen LogP contribution in [-0.4, -0.2) is 51.3 Å². The van der Waals surface area contributed by atoms with Crippen LogP contribution in [0.5, 0.6) is 11.5 Å². The Morgan fingerprint density at radius 1 is 1.21 bits per heavy atom. The zero-order chi connectivity index (χ0) is 29.7. The fraction of sp³-hybridized carbons (Fsp3) is 0.303. The summed E-state index contributed by atoms with van der Waals surface area (Å²) in [6.45, 7) is 12.3. The van der Waals surface area contributed by atoms with Crippen molar-refractivity contribution in [3.8, 4) is 11.5 Å². The maximum absolute atomic E-state index is 14.9. The van der Waals surface area contributed by atoms with Crippen LogP contribution in [0.2, 0.25) is 0 Å². The second-order valence-corrected chi connectivity index (χ2v) is 11.2. The summed E-state index contributed by atoms with van der Waals surface area (Å²) in [6.07, 6.45) is 4.01. The molecular weight excluding hydrogens is 551 g/mol. The van der Waals surface area contributed by atoms with E-state index in [1.165, 1.54) is 6.07 Å². The molecule has 0 aliphatic carbocycles. The lowest BCUT2D eigenvalue weighted by molar-refractivity contribution is -0.0708. The number of halogens is 1. The number of benzene rings is 3. The summed E-state index contributed by atoms with van der Waals surface area (Å²) in [7, 11) is 0. The van der Waals surface area contributed by atoms with Crippen LogP contribution in [0.25, 0.3) is 21.5 Å². The molecule has 0 bridgehead atoms. The van der Waals surface area contributed by atoms with E-state index in [1.807, 2.05) is 18.2 Å². The topological polar surface area (TPSA) is 90.4 Å². The van der Waals surface area contributed by atoms with Gasteiger partial charge in [-0.25, -0.2) is 19.0 Å². The van der Waals surface area contributed by atoms with Gasteiger partial charge < -0.3 is 23.9 Å². The molecule has 1 N–H and O–H groups in total. The molecule has 0 spiro atoms. The van der Waals surface area contributed by atoms with E-state index in [2.05, 4.69) is 20.4 Å². The number of carboxylic acids is 1. The smallest absolute Gasteiger partial charge is 0.335 e. The fourth-order valence-electron chi connectivity index (χ4n) is 5.99. The van der Waals surface area contributed by atoms with Crippen LogP contribution in [0, 0.1) is 12.4 Å². The van der Waals surface area contributed by atoms with Crippen molar-refractivity contribution in [2.45, 2.75) is 44.7 Å². The Hall–Kier alpha value is -4.72. The molecule has 10 heteroatoms. The normalized spacial score (nSPS) is 21.3. The summed E-state index contributed by atoms with van der Waals surface area (Å²) in [4.78, 5) is 22.1. The molecule has 1 aromatic heterocycles. The first kappa shape index (κ1) is 27.1. The van der Waals surface area contributed by atoms with Crippen LogP contribution in [0.3, 0.4) is 0 Å². The van der Waals surface area contributed by atoms with E-state index in [9.17, 15) is 14.3 Å². The highest BCUT2D eigenvalue weighted by Gasteiger charge is 2.42. The van der Waals surface area contributed by atoms with E-state index in [0.29, 0.717) is 31.1 Å². The SMILES string of the molecule is [C-]#[N+]c1ccc(C2(C)Oc3cccc(C4=CCN(Cc5nc6ccc(C(=O)O)cc6n5CC5CCO5)CC4)c3O2)c(F)c1. The highest BCUT2D eigenvalue weighted by atomic mass is 19.1. The highest BCUT2D eigenvalue weighted by Crippen LogP contribution is 2.49. The number of nitrogens with zero attached hydrogens (tertiary/aromatic N) is 4. The Labute approximate surface area is 247 Å². The molecule has 0 amide bonds. The number of ether oxygens (including phenoxy) is 3. The molecule has 7 rings (SSSR count). The van der Waals surface area contributed by atoms with Gasteiger partial charge in [-0.2, -0.15) is 0 Å². The van der Waals surface area contributed by atoms with Gasteiger partial charge in [0.05, 0.1) is 47.9 Å². The monoisotopic (exact) mass is 580 g/mol. The predicted octanol–water partition coefficient (Wildman–Crippen LogP) is 6.15. The first-order valence-corrected chi connectivity index (χ1v) is 14.3. The Bertz CT molecular complexity index is 1840. The molecule has 218 valence electrons. The number of imidazole rings is 1. The van der Waals surface area contributed by atoms with Crippen LogP contribution in [0.15, 0.2) is 60.7 Å². The number of aromatic nitrogens is 2. The van der Waals surface area contributed by atoms with Gasteiger partial charge in [0.25, 0.3) is 5.79 Å². The third-order valence-corrected chi connectivity index (χ3v) is 8.41. The van der Waals surface area contributed by atoms with Crippen molar-refractivity contribution in [2.24, 2.45) is 0 Å². The molecule has 3 aliphatic rings. The second-order valence-electron chi connectivity index (χ2n) is 11.2. The summed E-state index contributed by atoms with van der Waals surface area (Å²) >= 11 is 0. The molecule has 0 saturated carbocycles. The van der Waals surface area contributed by atoms with Crippen molar-refractivity contribution in [3.05, 3.63) is 100 Å². The van der Waals surface area contributed by atoms with E-state index in [0.717, 1.165) is 54.0 Å². The van der Waals surface area contributed by atoms with E-state index >= 15 is 0 Å². The van der Waals surface area contributed by atoms with Crippen molar-refractivity contribution >= 4 is 28.3 Å². The van der Waals surface area contributed by atoms with Gasteiger partial charge in [0, 0.05) is 32.2 Å². The van der Waals surface area contributed by atoms with E-state index < -0.39 is 17.6 Å². The molecule has 4 heterocycles. The number of hydrogen-bond donors (Lipinski definition) is 1. The van der Waals surface area contributed by atoms with Gasteiger partial charge in [-0.1, -0.05) is 30.3 Å². The molecule has 9 nitrogen and oxygen atoms in total. The average molecular weight is 581 g/mol. The van der Waals surface area contributed by atoms with Crippen LogP contribution in [0.1, 0.15) is 47.1 Å². The van der Waals surface area contributed by atoms with Gasteiger partial charge in [0.1, 0.15) is 11.6 Å². The lowest BCUT2D eigenvalue weighted by Crippen LogP contribution is -2.33. The number of carboxylic acid groups (broad SMARTS) is 1. The largest absolute Gasteiger partial charge is 0.478 e. The second kappa shape index (κ2) is 10.5. The lowest BCUT2D eigenvalue weighted by atomic mass is 9.98. The number of fused-ring (bicyclic) bond motifs is 2. The summed E-state index contributed by atoms with van der Waals surface area (Å²) in [5, 5.41) is 9.53. The molecule has 2 unspecified atom stereocenters. The molecule has 1 fully saturated rings. The zero-order valence-corrected chi connectivity index (χ0v) is 23.5. The molecular formula is C33H29FN4O5. The molecule has 3 aliphatic heterocycles. The summed E-state index contributed by atoms with van der Waals surface area (Å²) in [5.41, 5.74) is 4.29. The van der Waals surface area contributed by atoms with Gasteiger partial charge in [-0.15, -0.1) is 0 Å². The van der Waals surface area contributed by atoms with Gasteiger partial charge in [0.2, 0.25) is 0 Å². The molecule has 3 aromatic carbocycles. The van der Waals surface area contributed by atoms with Crippen LogP contribution in [0.4, 0.5) is 10.1 Å². The van der Waals surface area contributed by atoms with Crippen molar-refractivity contribution in [1.82, 2.24) is 14.5 Å². The number of aromatic carboxylic acids is 1. The Balaban J connectivity index is 1.12. The van der Waals surface area contributed by atoms with Crippen molar-refractivity contribution in [2.75, 3.05) is 19.7 Å². The Morgan fingerprint density at radius 3 is 2.77 bits per heavy atom. The van der Waals surface area contributed by atoms with Gasteiger partial charge in [-0.05, 0) is 48.7 Å². The summed E-state index contributed by atoms with van der Waals surface area (Å²) < 4.78 is 35.2. The fourth-order valence-corrected chi connectivity index (χ4v) is 5.99. The van der Waals surface area contributed by atoms with Crippen LogP contribution < -0.4 is 9.47 Å². The van der Waals surface area contributed by atoms with Gasteiger partial charge in [-0.3, -0.25) is 4.90 Å². The van der Waals surface area contributed by atoms with Crippen molar-refractivity contribution in [1.29, 1.82) is 0 Å². The maximum atomic E-state index is 14.9. The summed E-state index contributed by atoms with van der Waals surface area (Å²) in [6, 6.07) is 15.1. The minimum atomic E-state index is -1.35. The quantitative estimate of drug-likeness (QED) is 0.263. The molecule has 43 heavy (non-hydrogen) atoms. The Morgan fingerprint density at radius 2 is 2.07 bits per heavy atom. The van der Waals surface area contributed by atoms with Gasteiger partial charge in [0.15, 0.2) is 17.2 Å². The third kappa shape index (κ3) is 4.90. The van der Waals surface area contributed by atoms with Crippen molar-refractivity contribution in [3.63, 3.8) is 0 Å². The van der Waals surface area contributed by atoms with Gasteiger partial charge >= 0.3 is 5.97 Å². The first-order chi connectivity index (χ1) is 20.8. The van der Waals surface area contributed by atoms with E-state index in [-0.39, 0.29) is 22.9 Å². The maximum Gasteiger partial charge on any atom is 0.335 e. The standard InChI is InChI=1S/C33H29FN4O5/c1-33(25-8-7-22(35-2)17-26(25)34)42-29-5-3-4-24(31(29)43-33)20-10-13-37(14-11-20)19-30-36-27-9-6-21(32(39)40)16-28(27)38(30)18-23-12-15-41-23/h3-10,16-17,23H,11-15,18-19H2,1H3,(H,39,40). The highest BCUT2D eigenvalue weighted by molar-refractivity contribution is 5.92. The number of rotatable bonds is 7. The van der Waals surface area contributed by atoms with Crippen LogP contribution in [-0.2, 0) is 23.6 Å².